The molecule has 20 heavy (non-hydrogen) atoms. The van der Waals surface area contributed by atoms with Crippen molar-refractivity contribution in [3.63, 3.8) is 0 Å². The van der Waals surface area contributed by atoms with Crippen molar-refractivity contribution in [3.05, 3.63) is 102 Å². The maximum atomic E-state index is 9.42. The number of benzene rings is 3. The summed E-state index contributed by atoms with van der Waals surface area (Å²) in [5.41, 5.74) is 3.59. The summed E-state index contributed by atoms with van der Waals surface area (Å²) in [6, 6.07) is 29.1. The molecule has 0 unspecified atom stereocenters. The summed E-state index contributed by atoms with van der Waals surface area (Å²) in [5.74, 6) is 0.336. The molecular formula is C19H15O. The summed E-state index contributed by atoms with van der Waals surface area (Å²) in [5, 5.41) is 9.42. The van der Waals surface area contributed by atoms with E-state index in [1.165, 1.54) is 11.1 Å². The summed E-state index contributed by atoms with van der Waals surface area (Å²) >= 11 is 0. The van der Waals surface area contributed by atoms with Crippen LogP contribution in [0.4, 0.5) is 0 Å². The Bertz CT molecular complexity index is 618. The van der Waals surface area contributed by atoms with Crippen LogP contribution in [0.1, 0.15) is 22.6 Å². The van der Waals surface area contributed by atoms with Gasteiger partial charge in [-0.25, -0.2) is 0 Å². The molecule has 3 rings (SSSR count). The highest BCUT2D eigenvalue weighted by molar-refractivity contribution is 5.43. The Hall–Kier alpha value is -2.54. The van der Waals surface area contributed by atoms with Crippen molar-refractivity contribution in [2.45, 2.75) is 5.92 Å². The molecule has 3 aromatic carbocycles. The molecule has 0 spiro atoms. The molecule has 1 N–H and O–H groups in total. The lowest BCUT2D eigenvalue weighted by molar-refractivity contribution is 0.474. The predicted octanol–water partition coefficient (Wildman–Crippen LogP) is 4.37. The lowest BCUT2D eigenvalue weighted by Gasteiger charge is -2.18. The lowest BCUT2D eigenvalue weighted by Crippen LogP contribution is -2.02. The van der Waals surface area contributed by atoms with Crippen molar-refractivity contribution < 1.29 is 5.11 Å². The molecule has 0 saturated carbocycles. The van der Waals surface area contributed by atoms with Gasteiger partial charge in [0.05, 0.1) is 0 Å². The molecular weight excluding hydrogens is 244 g/mol. The number of phenols is 1. The van der Waals surface area contributed by atoms with Gasteiger partial charge in [-0.2, -0.15) is 0 Å². The Morgan fingerprint density at radius 1 is 0.650 bits per heavy atom. The van der Waals surface area contributed by atoms with Crippen LogP contribution in [0.5, 0.6) is 5.75 Å². The molecule has 0 fully saturated rings. The summed E-state index contributed by atoms with van der Waals surface area (Å²) < 4.78 is 0. The minimum atomic E-state index is 0.161. The summed E-state index contributed by atoms with van der Waals surface area (Å²) in [4.78, 5) is 0. The number of hydrogen-bond acceptors (Lipinski definition) is 1. The second kappa shape index (κ2) is 5.62. The van der Waals surface area contributed by atoms with Crippen LogP contribution < -0.4 is 0 Å². The molecule has 97 valence electrons. The van der Waals surface area contributed by atoms with Crippen LogP contribution in [0.2, 0.25) is 0 Å². The molecule has 0 amide bonds. The van der Waals surface area contributed by atoms with Gasteiger partial charge in [-0.05, 0) is 28.8 Å². The fourth-order valence-electron chi connectivity index (χ4n) is 2.48. The number of aromatic hydroxyl groups is 1. The van der Waals surface area contributed by atoms with Crippen molar-refractivity contribution >= 4 is 0 Å². The maximum Gasteiger partial charge on any atom is 0.123 e. The normalized spacial score (nSPS) is 10.7. The lowest BCUT2D eigenvalue weighted by atomic mass is 9.85. The minimum Gasteiger partial charge on any atom is -0.507 e. The molecule has 1 nitrogen and oxygen atoms in total. The Balaban J connectivity index is 2.11. The smallest absolute Gasteiger partial charge is 0.123 e. The zero-order valence-electron chi connectivity index (χ0n) is 11.0. The molecule has 1 radical (unpaired) electrons. The van der Waals surface area contributed by atoms with Crippen molar-refractivity contribution in [1.82, 2.24) is 0 Å². The van der Waals surface area contributed by atoms with E-state index in [0.29, 0.717) is 0 Å². The first-order valence-corrected chi connectivity index (χ1v) is 6.65. The zero-order valence-corrected chi connectivity index (χ0v) is 11.0. The average molecular weight is 259 g/mol. The SMILES string of the molecule is Oc1[c]cc(C(c2ccccc2)c2ccccc2)cc1. The highest BCUT2D eigenvalue weighted by atomic mass is 16.3. The third-order valence-electron chi connectivity index (χ3n) is 3.42. The van der Waals surface area contributed by atoms with Crippen LogP contribution in [0, 0.1) is 6.07 Å². The summed E-state index contributed by atoms with van der Waals surface area (Å²) in [6.07, 6.45) is 0. The van der Waals surface area contributed by atoms with Crippen molar-refractivity contribution in [2.75, 3.05) is 0 Å². The van der Waals surface area contributed by atoms with Crippen LogP contribution in [0.15, 0.2) is 78.9 Å². The van der Waals surface area contributed by atoms with Gasteiger partial charge in [-0.3, -0.25) is 0 Å². The molecule has 3 aromatic rings. The molecule has 0 bridgehead atoms. The Labute approximate surface area is 119 Å². The van der Waals surface area contributed by atoms with Crippen molar-refractivity contribution in [3.8, 4) is 5.75 Å². The van der Waals surface area contributed by atoms with Gasteiger partial charge in [0.2, 0.25) is 0 Å². The fraction of sp³-hybridized carbons (Fsp3) is 0.0526. The Morgan fingerprint density at radius 3 is 1.65 bits per heavy atom. The van der Waals surface area contributed by atoms with E-state index in [0.717, 1.165) is 5.56 Å². The Morgan fingerprint density at radius 2 is 1.20 bits per heavy atom. The van der Waals surface area contributed by atoms with Gasteiger partial charge in [0.25, 0.3) is 0 Å². The highest BCUT2D eigenvalue weighted by Crippen LogP contribution is 2.32. The van der Waals surface area contributed by atoms with Crippen molar-refractivity contribution in [2.24, 2.45) is 0 Å². The van der Waals surface area contributed by atoms with Gasteiger partial charge in [0.1, 0.15) is 5.75 Å². The van der Waals surface area contributed by atoms with Crippen molar-refractivity contribution in [1.29, 1.82) is 0 Å². The van der Waals surface area contributed by atoms with Gasteiger partial charge in [-0.1, -0.05) is 66.7 Å². The number of hydrogen-bond donors (Lipinski definition) is 1. The molecule has 0 aliphatic rings. The van der Waals surface area contributed by atoms with Crippen LogP contribution in [0.25, 0.3) is 0 Å². The first-order chi connectivity index (χ1) is 9.84. The van der Waals surface area contributed by atoms with Crippen LogP contribution in [0.3, 0.4) is 0 Å². The first kappa shape index (κ1) is 12.5. The van der Waals surface area contributed by atoms with Gasteiger partial charge in [0.15, 0.2) is 0 Å². The summed E-state index contributed by atoms with van der Waals surface area (Å²) in [6.45, 7) is 0. The molecule has 1 heteroatoms. The second-order valence-electron chi connectivity index (χ2n) is 4.76. The van der Waals surface area contributed by atoms with Gasteiger partial charge in [-0.15, -0.1) is 0 Å². The van der Waals surface area contributed by atoms with E-state index < -0.39 is 0 Å². The summed E-state index contributed by atoms with van der Waals surface area (Å²) in [7, 11) is 0. The van der Waals surface area contributed by atoms with Crippen LogP contribution in [-0.4, -0.2) is 5.11 Å². The third kappa shape index (κ3) is 2.57. The van der Waals surface area contributed by atoms with Gasteiger partial charge < -0.3 is 5.11 Å². The second-order valence-corrected chi connectivity index (χ2v) is 4.76. The standard InChI is InChI=1S/C19H15O/c20-18-13-11-17(12-14-18)19(15-7-3-1-4-8-15)16-9-5-2-6-10-16/h1-13,19-20H. The monoisotopic (exact) mass is 259 g/mol. The highest BCUT2D eigenvalue weighted by Gasteiger charge is 2.15. The fourth-order valence-corrected chi connectivity index (χ4v) is 2.48. The van der Waals surface area contributed by atoms with Gasteiger partial charge in [0, 0.05) is 12.0 Å². The largest absolute Gasteiger partial charge is 0.507 e. The van der Waals surface area contributed by atoms with E-state index in [9.17, 15) is 5.11 Å². The van der Waals surface area contributed by atoms with Gasteiger partial charge >= 0.3 is 0 Å². The Kier molecular flexibility index (Phi) is 3.51. The van der Waals surface area contributed by atoms with E-state index in [4.69, 9.17) is 0 Å². The van der Waals surface area contributed by atoms with E-state index >= 15 is 0 Å². The quantitative estimate of drug-likeness (QED) is 0.692. The first-order valence-electron chi connectivity index (χ1n) is 6.65. The predicted molar refractivity (Wildman–Crippen MR) is 80.8 cm³/mol. The third-order valence-corrected chi connectivity index (χ3v) is 3.42. The topological polar surface area (TPSA) is 20.2 Å². The van der Waals surface area contributed by atoms with Crippen LogP contribution >= 0.6 is 0 Å². The van der Waals surface area contributed by atoms with E-state index in [1.54, 1.807) is 6.07 Å². The minimum absolute atomic E-state index is 0.161. The molecule has 0 atom stereocenters. The molecule has 0 saturated heterocycles. The van der Waals surface area contributed by atoms with E-state index in [2.05, 4.69) is 54.6 Å². The average Bonchev–Trinajstić information content (AvgIpc) is 2.52. The molecule has 0 heterocycles. The zero-order chi connectivity index (χ0) is 13.8. The molecule has 0 aromatic heterocycles. The van der Waals surface area contributed by atoms with E-state index in [1.807, 2.05) is 24.3 Å². The molecule has 0 aliphatic heterocycles. The number of phenolic OH excluding ortho intramolecular Hbond substituents is 1. The molecule has 0 aliphatic carbocycles. The number of rotatable bonds is 3. The van der Waals surface area contributed by atoms with Crippen LogP contribution in [-0.2, 0) is 0 Å². The maximum absolute atomic E-state index is 9.42. The van der Waals surface area contributed by atoms with E-state index in [-0.39, 0.29) is 11.7 Å².